The number of hydrogen-bond acceptors (Lipinski definition) is 8. The Morgan fingerprint density at radius 2 is 1.65 bits per heavy atom. The molecule has 0 fully saturated rings. The van der Waals surface area contributed by atoms with Gasteiger partial charge in [-0.05, 0) is 0 Å². The van der Waals surface area contributed by atoms with Crippen molar-refractivity contribution in [3.8, 4) is 0 Å². The Labute approximate surface area is 129 Å². The van der Waals surface area contributed by atoms with Crippen LogP contribution >= 0.6 is 0 Å². The van der Waals surface area contributed by atoms with Gasteiger partial charge in [0.25, 0.3) is 5.56 Å². The molecule has 124 valence electrons. The fourth-order valence-corrected chi connectivity index (χ4v) is 1.58. The van der Waals surface area contributed by atoms with Crippen LogP contribution in [0.4, 0.5) is 5.82 Å². The number of carbonyl (C=O) groups is 3. The fourth-order valence-electron chi connectivity index (χ4n) is 1.58. The summed E-state index contributed by atoms with van der Waals surface area (Å²) in [5.41, 5.74) is 3.55. The number of ketones is 1. The Balaban J connectivity index is 2.95. The van der Waals surface area contributed by atoms with E-state index in [4.69, 9.17) is 5.73 Å². The van der Waals surface area contributed by atoms with Crippen molar-refractivity contribution >= 4 is 23.5 Å². The molecule has 0 aliphatic rings. The molecule has 0 saturated heterocycles. The number of nitrogens with two attached hydrogens (primary N) is 1. The Morgan fingerprint density at radius 3 is 2.22 bits per heavy atom. The van der Waals surface area contributed by atoms with Crippen molar-refractivity contribution < 1.29 is 23.9 Å². The Hall–Kier alpha value is -3.17. The standard InChI is InChI=1S/C13H15N3O7/c1-15-11(14)10(12(20)16(2)13(15)21)7(17)6-23-9(19)5-4-8(18)22-3/h4-5H,6,14H2,1-3H3/b5-4+. The minimum atomic E-state index is -0.982. The molecule has 1 aromatic rings. The van der Waals surface area contributed by atoms with Crippen LogP contribution in [0.1, 0.15) is 10.4 Å². The number of nitrogen functional groups attached to an aromatic ring is 1. The van der Waals surface area contributed by atoms with Gasteiger partial charge in [0.2, 0.25) is 5.78 Å². The number of esters is 2. The Bertz CT molecular complexity index is 801. The second-order valence-corrected chi connectivity index (χ2v) is 4.35. The number of carbonyl (C=O) groups excluding carboxylic acids is 3. The molecule has 0 saturated carbocycles. The summed E-state index contributed by atoms with van der Waals surface area (Å²) in [5.74, 6) is -2.96. The molecule has 10 heteroatoms. The van der Waals surface area contributed by atoms with Crippen LogP contribution in [-0.2, 0) is 33.2 Å². The normalized spacial score (nSPS) is 10.6. The van der Waals surface area contributed by atoms with Gasteiger partial charge in [0, 0.05) is 26.2 Å². The maximum atomic E-state index is 12.0. The summed E-state index contributed by atoms with van der Waals surface area (Å²) in [5, 5.41) is 0. The van der Waals surface area contributed by atoms with Gasteiger partial charge in [0.05, 0.1) is 7.11 Å². The topological polar surface area (TPSA) is 140 Å². The van der Waals surface area contributed by atoms with Crippen LogP contribution < -0.4 is 17.0 Å². The van der Waals surface area contributed by atoms with E-state index in [1.54, 1.807) is 0 Å². The van der Waals surface area contributed by atoms with Crippen molar-refractivity contribution in [1.29, 1.82) is 0 Å². The third kappa shape index (κ3) is 3.93. The second kappa shape index (κ2) is 7.20. The van der Waals surface area contributed by atoms with Gasteiger partial charge in [-0.25, -0.2) is 14.4 Å². The summed E-state index contributed by atoms with van der Waals surface area (Å²) in [6.07, 6.45) is 1.58. The molecule has 2 N–H and O–H groups in total. The summed E-state index contributed by atoms with van der Waals surface area (Å²) >= 11 is 0. The Kier molecular flexibility index (Phi) is 5.60. The number of hydrogen-bond donors (Lipinski definition) is 1. The van der Waals surface area contributed by atoms with Crippen LogP contribution in [0, 0.1) is 0 Å². The highest BCUT2D eigenvalue weighted by molar-refractivity contribution is 6.02. The van der Waals surface area contributed by atoms with Crippen molar-refractivity contribution in [2.75, 3.05) is 19.5 Å². The maximum Gasteiger partial charge on any atom is 0.332 e. The lowest BCUT2D eigenvalue weighted by Gasteiger charge is -2.10. The molecular formula is C13H15N3O7. The van der Waals surface area contributed by atoms with E-state index < -0.39 is 41.1 Å². The smallest absolute Gasteiger partial charge is 0.332 e. The molecule has 0 radical (unpaired) electrons. The summed E-state index contributed by atoms with van der Waals surface area (Å²) in [7, 11) is 3.60. The molecule has 0 spiro atoms. The van der Waals surface area contributed by atoms with Crippen LogP contribution in [-0.4, -0.2) is 40.6 Å². The van der Waals surface area contributed by atoms with Gasteiger partial charge in [0.1, 0.15) is 11.4 Å². The molecule has 10 nitrogen and oxygen atoms in total. The van der Waals surface area contributed by atoms with Gasteiger partial charge < -0.3 is 15.2 Å². The van der Waals surface area contributed by atoms with Gasteiger partial charge in [-0.3, -0.25) is 18.7 Å². The van der Waals surface area contributed by atoms with E-state index >= 15 is 0 Å². The summed E-state index contributed by atoms with van der Waals surface area (Å²) < 4.78 is 10.5. The molecule has 0 aliphatic heterocycles. The molecule has 1 aromatic heterocycles. The zero-order valence-corrected chi connectivity index (χ0v) is 12.7. The molecule has 0 amide bonds. The van der Waals surface area contributed by atoms with Crippen LogP contribution in [0.25, 0.3) is 0 Å². The van der Waals surface area contributed by atoms with E-state index in [1.165, 1.54) is 14.1 Å². The maximum absolute atomic E-state index is 12.0. The van der Waals surface area contributed by atoms with E-state index in [1.807, 2.05) is 0 Å². The van der Waals surface area contributed by atoms with E-state index in [2.05, 4.69) is 9.47 Å². The van der Waals surface area contributed by atoms with Gasteiger partial charge in [0.15, 0.2) is 6.61 Å². The number of methoxy groups -OCH3 is 1. The first-order valence-corrected chi connectivity index (χ1v) is 6.22. The molecule has 23 heavy (non-hydrogen) atoms. The highest BCUT2D eigenvalue weighted by Gasteiger charge is 2.21. The van der Waals surface area contributed by atoms with Crippen molar-refractivity contribution in [1.82, 2.24) is 9.13 Å². The monoisotopic (exact) mass is 325 g/mol. The average molecular weight is 325 g/mol. The summed E-state index contributed by atoms with van der Waals surface area (Å²) in [6, 6.07) is 0. The molecule has 1 heterocycles. The number of Topliss-reactive ketones (excluding diaryl/α,β-unsaturated/α-hetero) is 1. The molecule has 0 bridgehead atoms. The van der Waals surface area contributed by atoms with Crippen LogP contribution in [0.3, 0.4) is 0 Å². The van der Waals surface area contributed by atoms with Gasteiger partial charge in [-0.15, -0.1) is 0 Å². The lowest BCUT2D eigenvalue weighted by atomic mass is 10.2. The van der Waals surface area contributed by atoms with Gasteiger partial charge in [-0.1, -0.05) is 0 Å². The lowest BCUT2D eigenvalue weighted by Crippen LogP contribution is -2.42. The zero-order valence-electron chi connectivity index (χ0n) is 12.7. The van der Waals surface area contributed by atoms with Crippen molar-refractivity contribution in [3.63, 3.8) is 0 Å². The molecule has 0 atom stereocenters. The molecule has 1 rings (SSSR count). The second-order valence-electron chi connectivity index (χ2n) is 4.35. The van der Waals surface area contributed by atoms with Crippen LogP contribution in [0.15, 0.2) is 21.7 Å². The predicted molar refractivity (Wildman–Crippen MR) is 77.8 cm³/mol. The molecule has 0 aromatic carbocycles. The van der Waals surface area contributed by atoms with Crippen LogP contribution in [0.2, 0.25) is 0 Å². The molecule has 0 aliphatic carbocycles. The number of nitrogens with zero attached hydrogens (tertiary/aromatic N) is 2. The van der Waals surface area contributed by atoms with Gasteiger partial charge in [-0.2, -0.15) is 0 Å². The lowest BCUT2D eigenvalue weighted by molar-refractivity contribution is -0.138. The molecular weight excluding hydrogens is 310 g/mol. The SMILES string of the molecule is COC(=O)/C=C/C(=O)OCC(=O)c1c(N)n(C)c(=O)n(C)c1=O. The number of ether oxygens (including phenoxy) is 2. The highest BCUT2D eigenvalue weighted by atomic mass is 16.5. The number of aromatic nitrogens is 2. The van der Waals surface area contributed by atoms with Crippen molar-refractivity contribution in [2.45, 2.75) is 0 Å². The third-order valence-corrected chi connectivity index (χ3v) is 2.89. The molecule has 0 unspecified atom stereocenters. The number of rotatable bonds is 5. The highest BCUT2D eigenvalue weighted by Crippen LogP contribution is 2.04. The first kappa shape index (κ1) is 17.9. The van der Waals surface area contributed by atoms with E-state index in [0.29, 0.717) is 4.57 Å². The first-order valence-electron chi connectivity index (χ1n) is 6.22. The van der Waals surface area contributed by atoms with E-state index in [9.17, 15) is 24.0 Å². The van der Waals surface area contributed by atoms with E-state index in [0.717, 1.165) is 23.8 Å². The largest absolute Gasteiger partial charge is 0.466 e. The average Bonchev–Trinajstić information content (AvgIpc) is 2.54. The van der Waals surface area contributed by atoms with Crippen LogP contribution in [0.5, 0.6) is 0 Å². The Morgan fingerprint density at radius 1 is 1.09 bits per heavy atom. The van der Waals surface area contributed by atoms with Gasteiger partial charge >= 0.3 is 17.6 Å². The van der Waals surface area contributed by atoms with Crippen molar-refractivity contribution in [3.05, 3.63) is 38.6 Å². The predicted octanol–water partition coefficient (Wildman–Crippen LogP) is -1.88. The van der Waals surface area contributed by atoms with Crippen molar-refractivity contribution in [2.24, 2.45) is 14.1 Å². The third-order valence-electron chi connectivity index (χ3n) is 2.89. The van der Waals surface area contributed by atoms with E-state index in [-0.39, 0.29) is 5.82 Å². The minimum Gasteiger partial charge on any atom is -0.466 e. The first-order chi connectivity index (χ1) is 10.7. The summed E-state index contributed by atoms with van der Waals surface area (Å²) in [6.45, 7) is -0.776. The quantitative estimate of drug-likeness (QED) is 0.377. The number of anilines is 1. The fraction of sp³-hybridized carbons (Fsp3) is 0.308. The zero-order chi connectivity index (χ0) is 17.7. The summed E-state index contributed by atoms with van der Waals surface area (Å²) in [4.78, 5) is 57.7. The minimum absolute atomic E-state index is 0.329.